The van der Waals surface area contributed by atoms with E-state index in [1.807, 2.05) is 31.3 Å². The fourth-order valence-electron chi connectivity index (χ4n) is 3.10. The number of para-hydroxylation sites is 1. The second-order valence-corrected chi connectivity index (χ2v) is 8.43. The largest absolute Gasteiger partial charge is 0.496 e. The van der Waals surface area contributed by atoms with Crippen LogP contribution in [-0.2, 0) is 10.0 Å². The van der Waals surface area contributed by atoms with Crippen molar-refractivity contribution in [1.29, 1.82) is 0 Å². The number of piperazine rings is 1. The van der Waals surface area contributed by atoms with Gasteiger partial charge in [-0.05, 0) is 37.4 Å². The normalized spacial score (nSPS) is 19.7. The summed E-state index contributed by atoms with van der Waals surface area (Å²) in [6.45, 7) is 1.48. The SMILES string of the molecule is COc1ccccc1C1CN(S(=O)(=O)c2ccc(Cl)cc2)CCN1C. The first-order valence-electron chi connectivity index (χ1n) is 8.02. The van der Waals surface area contributed by atoms with Crippen LogP contribution in [-0.4, -0.2) is 51.4 Å². The number of nitrogens with zero attached hydrogens (tertiary/aromatic N) is 2. The van der Waals surface area contributed by atoms with Gasteiger partial charge < -0.3 is 4.74 Å². The molecule has 25 heavy (non-hydrogen) atoms. The van der Waals surface area contributed by atoms with Gasteiger partial charge in [0.1, 0.15) is 5.75 Å². The van der Waals surface area contributed by atoms with E-state index in [0.29, 0.717) is 24.7 Å². The molecule has 5 nitrogen and oxygen atoms in total. The third-order valence-electron chi connectivity index (χ3n) is 4.56. The predicted octanol–water partition coefficient (Wildman–Crippen LogP) is 3.03. The minimum atomic E-state index is -3.56. The van der Waals surface area contributed by atoms with Crippen LogP contribution in [0.4, 0.5) is 0 Å². The van der Waals surface area contributed by atoms with Crippen LogP contribution in [0.5, 0.6) is 5.75 Å². The Labute approximate surface area is 153 Å². The van der Waals surface area contributed by atoms with Gasteiger partial charge in [-0.1, -0.05) is 29.8 Å². The number of hydrogen-bond donors (Lipinski definition) is 0. The Morgan fingerprint density at radius 1 is 1.08 bits per heavy atom. The van der Waals surface area contributed by atoms with Crippen LogP contribution in [0, 0.1) is 0 Å². The zero-order valence-corrected chi connectivity index (χ0v) is 15.8. The third kappa shape index (κ3) is 3.67. The van der Waals surface area contributed by atoms with Crippen LogP contribution in [0.2, 0.25) is 5.02 Å². The van der Waals surface area contributed by atoms with Crippen molar-refractivity contribution in [1.82, 2.24) is 9.21 Å². The molecule has 7 heteroatoms. The average Bonchev–Trinajstić information content (AvgIpc) is 2.62. The van der Waals surface area contributed by atoms with E-state index in [1.165, 1.54) is 4.31 Å². The second-order valence-electron chi connectivity index (χ2n) is 6.06. The molecule has 0 saturated carbocycles. The zero-order valence-electron chi connectivity index (χ0n) is 14.2. The highest BCUT2D eigenvalue weighted by molar-refractivity contribution is 7.89. The van der Waals surface area contributed by atoms with Crippen LogP contribution >= 0.6 is 11.6 Å². The minimum Gasteiger partial charge on any atom is -0.496 e. The molecule has 0 spiro atoms. The number of sulfonamides is 1. The van der Waals surface area contributed by atoms with Crippen molar-refractivity contribution in [3.8, 4) is 5.75 Å². The minimum absolute atomic E-state index is 0.0630. The summed E-state index contributed by atoms with van der Waals surface area (Å²) in [4.78, 5) is 2.42. The molecule has 1 unspecified atom stereocenters. The van der Waals surface area contributed by atoms with Gasteiger partial charge in [-0.25, -0.2) is 8.42 Å². The molecule has 0 radical (unpaired) electrons. The summed E-state index contributed by atoms with van der Waals surface area (Å²) in [6, 6.07) is 14.0. The Morgan fingerprint density at radius 2 is 1.76 bits per heavy atom. The summed E-state index contributed by atoms with van der Waals surface area (Å²) >= 11 is 5.87. The average molecular weight is 381 g/mol. The van der Waals surface area contributed by atoms with E-state index in [4.69, 9.17) is 16.3 Å². The van der Waals surface area contributed by atoms with Gasteiger partial charge >= 0.3 is 0 Å². The number of halogens is 1. The van der Waals surface area contributed by atoms with E-state index in [1.54, 1.807) is 31.4 Å². The molecule has 2 aromatic rings. The van der Waals surface area contributed by atoms with Gasteiger partial charge in [0.2, 0.25) is 10.0 Å². The van der Waals surface area contributed by atoms with Gasteiger partial charge in [0.25, 0.3) is 0 Å². The molecule has 1 aliphatic heterocycles. The molecule has 0 aromatic heterocycles. The lowest BCUT2D eigenvalue weighted by Gasteiger charge is -2.39. The molecule has 0 bridgehead atoms. The van der Waals surface area contributed by atoms with Gasteiger partial charge in [0, 0.05) is 30.2 Å². The number of ether oxygens (including phenoxy) is 1. The highest BCUT2D eigenvalue weighted by Crippen LogP contribution is 2.33. The third-order valence-corrected chi connectivity index (χ3v) is 6.69. The van der Waals surface area contributed by atoms with Crippen molar-refractivity contribution in [3.63, 3.8) is 0 Å². The lowest BCUT2D eigenvalue weighted by Crippen LogP contribution is -2.48. The Bertz CT molecular complexity index is 840. The number of methoxy groups -OCH3 is 1. The topological polar surface area (TPSA) is 49.9 Å². The highest BCUT2D eigenvalue weighted by Gasteiger charge is 2.34. The standard InChI is InChI=1S/C18H21ClN2O3S/c1-20-11-12-21(25(22,23)15-9-7-14(19)8-10-15)13-17(20)16-5-3-4-6-18(16)24-2/h3-10,17H,11-13H2,1-2H3. The first kappa shape index (κ1) is 18.2. The zero-order chi connectivity index (χ0) is 18.0. The molecule has 1 atom stereocenters. The van der Waals surface area contributed by atoms with Gasteiger partial charge in [0.15, 0.2) is 0 Å². The molecule has 2 aromatic carbocycles. The molecule has 1 heterocycles. The summed E-state index contributed by atoms with van der Waals surface area (Å²) < 4.78 is 32.9. The number of rotatable bonds is 4. The molecule has 1 saturated heterocycles. The Balaban J connectivity index is 1.91. The van der Waals surface area contributed by atoms with Crippen molar-refractivity contribution in [2.24, 2.45) is 0 Å². The van der Waals surface area contributed by atoms with E-state index in [-0.39, 0.29) is 10.9 Å². The maximum absolute atomic E-state index is 13.0. The number of hydrogen-bond acceptors (Lipinski definition) is 4. The highest BCUT2D eigenvalue weighted by atomic mass is 35.5. The molecule has 0 aliphatic carbocycles. The molecule has 0 amide bonds. The van der Waals surface area contributed by atoms with Crippen molar-refractivity contribution in [2.45, 2.75) is 10.9 Å². The van der Waals surface area contributed by atoms with E-state index in [9.17, 15) is 8.42 Å². The molecule has 134 valence electrons. The summed E-state index contributed by atoms with van der Waals surface area (Å²) in [7, 11) is 0.0767. The Hall–Kier alpha value is -1.60. The summed E-state index contributed by atoms with van der Waals surface area (Å²) in [5, 5.41) is 0.518. The first-order chi connectivity index (χ1) is 11.9. The van der Waals surface area contributed by atoms with Crippen molar-refractivity contribution < 1.29 is 13.2 Å². The summed E-state index contributed by atoms with van der Waals surface area (Å²) in [6.07, 6.45) is 0. The van der Waals surface area contributed by atoms with E-state index in [0.717, 1.165) is 11.3 Å². The predicted molar refractivity (Wildman–Crippen MR) is 98.6 cm³/mol. The van der Waals surface area contributed by atoms with E-state index >= 15 is 0 Å². The maximum atomic E-state index is 13.0. The van der Waals surface area contributed by atoms with Gasteiger partial charge in [-0.15, -0.1) is 0 Å². The molecular formula is C18H21ClN2O3S. The Kier molecular flexibility index (Phi) is 5.34. The van der Waals surface area contributed by atoms with Crippen LogP contribution in [0.15, 0.2) is 53.4 Å². The van der Waals surface area contributed by atoms with Crippen molar-refractivity contribution in [3.05, 3.63) is 59.1 Å². The van der Waals surface area contributed by atoms with Crippen LogP contribution in [0.1, 0.15) is 11.6 Å². The molecule has 1 aliphatic rings. The molecular weight excluding hydrogens is 360 g/mol. The van der Waals surface area contributed by atoms with Gasteiger partial charge in [-0.3, -0.25) is 4.90 Å². The smallest absolute Gasteiger partial charge is 0.243 e. The van der Waals surface area contributed by atoms with Crippen LogP contribution < -0.4 is 4.74 Å². The second kappa shape index (κ2) is 7.33. The monoisotopic (exact) mass is 380 g/mol. The molecule has 1 fully saturated rings. The Morgan fingerprint density at radius 3 is 2.44 bits per heavy atom. The van der Waals surface area contributed by atoms with Crippen LogP contribution in [0.3, 0.4) is 0 Å². The van der Waals surface area contributed by atoms with Crippen LogP contribution in [0.25, 0.3) is 0 Å². The summed E-state index contributed by atoms with van der Waals surface area (Å²) in [5.74, 6) is 0.769. The fourth-order valence-corrected chi connectivity index (χ4v) is 4.66. The van der Waals surface area contributed by atoms with Gasteiger partial charge in [-0.2, -0.15) is 4.31 Å². The van der Waals surface area contributed by atoms with E-state index in [2.05, 4.69) is 4.90 Å². The van der Waals surface area contributed by atoms with E-state index < -0.39 is 10.0 Å². The number of likely N-dealkylation sites (N-methyl/N-ethyl adjacent to an activating group) is 1. The quantitative estimate of drug-likeness (QED) is 0.818. The summed E-state index contributed by atoms with van der Waals surface area (Å²) in [5.41, 5.74) is 0.989. The van der Waals surface area contributed by atoms with Crippen molar-refractivity contribution in [2.75, 3.05) is 33.8 Å². The van der Waals surface area contributed by atoms with Gasteiger partial charge in [0.05, 0.1) is 18.0 Å². The molecule has 0 N–H and O–H groups in total. The van der Waals surface area contributed by atoms with Crippen molar-refractivity contribution >= 4 is 21.6 Å². The number of benzene rings is 2. The lowest BCUT2D eigenvalue weighted by atomic mass is 10.0. The first-order valence-corrected chi connectivity index (χ1v) is 9.84. The lowest BCUT2D eigenvalue weighted by molar-refractivity contribution is 0.146. The maximum Gasteiger partial charge on any atom is 0.243 e. The fraction of sp³-hybridized carbons (Fsp3) is 0.333. The molecule has 3 rings (SSSR count).